The van der Waals surface area contributed by atoms with Gasteiger partial charge in [0, 0.05) is 13.6 Å². The molecule has 1 aliphatic rings. The van der Waals surface area contributed by atoms with Crippen LogP contribution in [0.3, 0.4) is 0 Å². The lowest BCUT2D eigenvalue weighted by Gasteiger charge is -2.29. The molecule has 0 radical (unpaired) electrons. The molecule has 0 unspecified atom stereocenters. The van der Waals surface area contributed by atoms with Gasteiger partial charge in [0.1, 0.15) is 5.82 Å². The van der Waals surface area contributed by atoms with Gasteiger partial charge in [0.15, 0.2) is 5.79 Å². The van der Waals surface area contributed by atoms with E-state index in [1.165, 1.54) is 17.0 Å². The number of carbonyl (C=O) groups is 1. The summed E-state index contributed by atoms with van der Waals surface area (Å²) in [5.74, 6) is -1.18. The fraction of sp³-hybridized carbons (Fsp3) is 0.588. The summed E-state index contributed by atoms with van der Waals surface area (Å²) in [4.78, 5) is 13.7. The van der Waals surface area contributed by atoms with E-state index in [1.54, 1.807) is 13.1 Å². The molecular formula is C17H26ClFN2O4S. The lowest BCUT2D eigenvalue weighted by atomic mass is 10.1. The van der Waals surface area contributed by atoms with Crippen LogP contribution in [0.4, 0.5) is 9.18 Å². The predicted molar refractivity (Wildman–Crippen MR) is 102 cm³/mol. The highest BCUT2D eigenvalue weighted by molar-refractivity contribution is 7.59. The molecule has 1 saturated heterocycles. The second-order valence-corrected chi connectivity index (χ2v) is 6.88. The van der Waals surface area contributed by atoms with Crippen LogP contribution in [-0.2, 0) is 16.0 Å². The molecule has 2 rings (SSSR count). The second-order valence-electron chi connectivity index (χ2n) is 6.51. The first-order chi connectivity index (χ1) is 11.7. The third-order valence-corrected chi connectivity index (χ3v) is 4.57. The van der Waals surface area contributed by atoms with Crippen molar-refractivity contribution in [1.29, 1.82) is 0 Å². The van der Waals surface area contributed by atoms with Crippen LogP contribution in [0.5, 0.6) is 0 Å². The Bertz CT molecular complexity index is 620. The SMILES string of the molecule is CN(C(=O)NCc1cccc(F)c1Cl)[C@H](CO)C[C@@H]1COC(C)(C)O1.S. The van der Waals surface area contributed by atoms with E-state index in [0.29, 0.717) is 18.6 Å². The van der Waals surface area contributed by atoms with Gasteiger partial charge in [0.25, 0.3) is 0 Å². The lowest BCUT2D eigenvalue weighted by Crippen LogP contribution is -2.46. The molecule has 1 aliphatic heterocycles. The van der Waals surface area contributed by atoms with E-state index < -0.39 is 23.7 Å². The summed E-state index contributed by atoms with van der Waals surface area (Å²) in [7, 11) is 1.59. The van der Waals surface area contributed by atoms with Crippen LogP contribution in [0.15, 0.2) is 18.2 Å². The van der Waals surface area contributed by atoms with Crippen LogP contribution in [0.2, 0.25) is 5.02 Å². The lowest BCUT2D eigenvalue weighted by molar-refractivity contribution is -0.140. The Labute approximate surface area is 165 Å². The molecule has 2 N–H and O–H groups in total. The number of ether oxygens (including phenoxy) is 2. The smallest absolute Gasteiger partial charge is 0.317 e. The van der Waals surface area contributed by atoms with Crippen molar-refractivity contribution in [2.75, 3.05) is 20.3 Å². The molecule has 2 amide bonds. The van der Waals surface area contributed by atoms with Crippen LogP contribution in [-0.4, -0.2) is 54.2 Å². The molecule has 6 nitrogen and oxygen atoms in total. The molecular weight excluding hydrogens is 383 g/mol. The van der Waals surface area contributed by atoms with Gasteiger partial charge in [0.05, 0.1) is 30.4 Å². The third kappa shape index (κ3) is 5.99. The van der Waals surface area contributed by atoms with Crippen molar-refractivity contribution in [2.24, 2.45) is 0 Å². The normalized spacial score (nSPS) is 19.5. The summed E-state index contributed by atoms with van der Waals surface area (Å²) in [6.45, 7) is 3.94. The summed E-state index contributed by atoms with van der Waals surface area (Å²) in [6.07, 6.45) is 0.255. The first-order valence-electron chi connectivity index (χ1n) is 8.09. The van der Waals surface area contributed by atoms with Gasteiger partial charge in [0.2, 0.25) is 0 Å². The van der Waals surface area contributed by atoms with E-state index >= 15 is 0 Å². The molecule has 148 valence electrons. The van der Waals surface area contributed by atoms with Gasteiger partial charge in [-0.2, -0.15) is 13.5 Å². The summed E-state index contributed by atoms with van der Waals surface area (Å²) >= 11 is 5.88. The second kappa shape index (κ2) is 9.75. The number of aliphatic hydroxyl groups excluding tert-OH is 1. The maximum Gasteiger partial charge on any atom is 0.317 e. The van der Waals surface area contributed by atoms with Crippen molar-refractivity contribution in [1.82, 2.24) is 10.2 Å². The zero-order valence-electron chi connectivity index (χ0n) is 15.1. The van der Waals surface area contributed by atoms with E-state index in [2.05, 4.69) is 5.32 Å². The summed E-state index contributed by atoms with van der Waals surface area (Å²) in [6, 6.07) is 3.61. The highest BCUT2D eigenvalue weighted by atomic mass is 35.5. The Morgan fingerprint density at radius 1 is 1.54 bits per heavy atom. The molecule has 1 aromatic carbocycles. The van der Waals surface area contributed by atoms with Crippen LogP contribution >= 0.6 is 25.1 Å². The number of halogens is 2. The van der Waals surface area contributed by atoms with E-state index in [0.717, 1.165) is 0 Å². The number of rotatable bonds is 6. The fourth-order valence-corrected chi connectivity index (χ4v) is 2.88. The van der Waals surface area contributed by atoms with Crippen molar-refractivity contribution in [3.05, 3.63) is 34.6 Å². The molecule has 1 heterocycles. The monoisotopic (exact) mass is 408 g/mol. The third-order valence-electron chi connectivity index (χ3n) is 4.14. The van der Waals surface area contributed by atoms with E-state index in [-0.39, 0.29) is 37.8 Å². The minimum atomic E-state index is -0.653. The van der Waals surface area contributed by atoms with Crippen molar-refractivity contribution >= 4 is 31.1 Å². The Balaban J connectivity index is 0.00000338. The van der Waals surface area contributed by atoms with Gasteiger partial charge >= 0.3 is 6.03 Å². The zero-order chi connectivity index (χ0) is 18.6. The molecule has 9 heteroatoms. The zero-order valence-corrected chi connectivity index (χ0v) is 16.8. The minimum Gasteiger partial charge on any atom is -0.394 e. The Kier molecular flexibility index (Phi) is 8.62. The number of nitrogens with zero attached hydrogens (tertiary/aromatic N) is 1. The van der Waals surface area contributed by atoms with Crippen LogP contribution in [0.1, 0.15) is 25.8 Å². The highest BCUT2D eigenvalue weighted by Gasteiger charge is 2.35. The van der Waals surface area contributed by atoms with Gasteiger partial charge in [-0.1, -0.05) is 23.7 Å². The number of nitrogens with one attached hydrogen (secondary N) is 1. The number of hydrogen-bond donors (Lipinski definition) is 2. The van der Waals surface area contributed by atoms with Gasteiger partial charge < -0.3 is 24.8 Å². The molecule has 0 bridgehead atoms. The maximum atomic E-state index is 13.4. The average Bonchev–Trinajstić information content (AvgIpc) is 2.91. The topological polar surface area (TPSA) is 71.0 Å². The Morgan fingerprint density at radius 2 is 2.23 bits per heavy atom. The van der Waals surface area contributed by atoms with E-state index in [9.17, 15) is 14.3 Å². The van der Waals surface area contributed by atoms with Gasteiger partial charge in [-0.3, -0.25) is 0 Å². The largest absolute Gasteiger partial charge is 0.394 e. The van der Waals surface area contributed by atoms with Crippen LogP contribution in [0.25, 0.3) is 0 Å². The Morgan fingerprint density at radius 3 is 2.81 bits per heavy atom. The van der Waals surface area contributed by atoms with E-state index in [4.69, 9.17) is 21.1 Å². The number of amides is 2. The molecule has 2 atom stereocenters. The predicted octanol–water partition coefficient (Wildman–Crippen LogP) is 2.64. The number of urea groups is 1. The first-order valence-corrected chi connectivity index (χ1v) is 8.47. The van der Waals surface area contributed by atoms with Crippen molar-refractivity contribution in [2.45, 2.75) is 44.7 Å². The van der Waals surface area contributed by atoms with Gasteiger partial charge in [-0.15, -0.1) is 0 Å². The average molecular weight is 409 g/mol. The molecule has 0 spiro atoms. The number of benzene rings is 1. The molecule has 26 heavy (non-hydrogen) atoms. The summed E-state index contributed by atoms with van der Waals surface area (Å²) in [5, 5.41) is 12.3. The number of aliphatic hydroxyl groups is 1. The van der Waals surface area contributed by atoms with Crippen LogP contribution in [0, 0.1) is 5.82 Å². The standard InChI is InChI=1S/C17H24ClFN2O4.H2S/c1-17(2)24-10-13(25-17)7-12(9-22)21(3)16(23)20-8-11-5-4-6-14(19)15(11)18;/h4-6,12-13,22H,7-10H2,1-3H3,(H,20,23);1H2/t12-,13+;/m0./s1. The molecule has 0 aliphatic carbocycles. The number of carbonyl (C=O) groups excluding carboxylic acids is 1. The Hall–Kier alpha value is -1.06. The molecule has 0 saturated carbocycles. The summed E-state index contributed by atoms with van der Waals surface area (Å²) in [5.41, 5.74) is 0.484. The molecule has 0 aromatic heterocycles. The van der Waals surface area contributed by atoms with Crippen molar-refractivity contribution in [3.8, 4) is 0 Å². The van der Waals surface area contributed by atoms with Gasteiger partial charge in [-0.05, 0) is 31.9 Å². The highest BCUT2D eigenvalue weighted by Crippen LogP contribution is 2.25. The van der Waals surface area contributed by atoms with Gasteiger partial charge in [-0.25, -0.2) is 9.18 Å². The first kappa shape index (κ1) is 23.0. The van der Waals surface area contributed by atoms with Crippen molar-refractivity contribution in [3.63, 3.8) is 0 Å². The fourth-order valence-electron chi connectivity index (χ4n) is 2.68. The van der Waals surface area contributed by atoms with Crippen molar-refractivity contribution < 1.29 is 23.8 Å². The van der Waals surface area contributed by atoms with E-state index in [1.807, 2.05) is 13.8 Å². The number of hydrogen-bond acceptors (Lipinski definition) is 4. The summed E-state index contributed by atoms with van der Waals surface area (Å²) < 4.78 is 24.6. The maximum absolute atomic E-state index is 13.4. The quantitative estimate of drug-likeness (QED) is 0.759. The molecule has 1 fully saturated rings. The number of likely N-dealkylation sites (N-methyl/N-ethyl adjacent to an activating group) is 1. The minimum absolute atomic E-state index is 0. The van der Waals surface area contributed by atoms with Crippen LogP contribution < -0.4 is 5.32 Å². The molecule has 1 aromatic rings.